The Morgan fingerprint density at radius 2 is 2.06 bits per heavy atom. The number of piperidine rings is 1. The van der Waals surface area contributed by atoms with Crippen LogP contribution in [0.15, 0.2) is 18.3 Å². The molecule has 0 saturated carbocycles. The summed E-state index contributed by atoms with van der Waals surface area (Å²) < 4.78 is 25.1. The number of hydrogen-bond donors (Lipinski definition) is 2. The molecule has 0 amide bonds. The molecule has 1 aromatic rings. The van der Waals surface area contributed by atoms with Crippen molar-refractivity contribution >= 4 is 0 Å². The summed E-state index contributed by atoms with van der Waals surface area (Å²) in [5.74, 6) is 0. The van der Waals surface area contributed by atoms with E-state index in [9.17, 15) is 8.78 Å². The first-order chi connectivity index (χ1) is 7.62. The molecule has 16 heavy (non-hydrogen) atoms. The first kappa shape index (κ1) is 11.4. The first-order valence-corrected chi connectivity index (χ1v) is 5.36. The van der Waals surface area contributed by atoms with E-state index in [1.54, 1.807) is 0 Å². The molecule has 0 aromatic carbocycles. The molecule has 2 heterocycles. The Bertz CT molecular complexity index is 362. The van der Waals surface area contributed by atoms with E-state index in [1.807, 2.05) is 0 Å². The van der Waals surface area contributed by atoms with Crippen LogP contribution in [0.2, 0.25) is 0 Å². The number of alkyl halides is 2. The molecule has 3 N–H and O–H groups in total. The fourth-order valence-corrected chi connectivity index (χ4v) is 1.98. The van der Waals surface area contributed by atoms with Crippen molar-refractivity contribution in [1.82, 2.24) is 10.3 Å². The average molecular weight is 227 g/mol. The van der Waals surface area contributed by atoms with Gasteiger partial charge in [-0.05, 0) is 38.1 Å². The highest BCUT2D eigenvalue weighted by Gasteiger charge is 2.31. The molecule has 5 heteroatoms. The Morgan fingerprint density at radius 1 is 1.38 bits per heavy atom. The first-order valence-electron chi connectivity index (χ1n) is 5.36. The van der Waals surface area contributed by atoms with Gasteiger partial charge in [0.25, 0.3) is 6.43 Å². The normalized spacial score (nSPS) is 20.0. The van der Waals surface area contributed by atoms with Gasteiger partial charge < -0.3 is 11.1 Å². The molecule has 1 aromatic heterocycles. The minimum atomic E-state index is -2.47. The van der Waals surface area contributed by atoms with Crippen LogP contribution in [0.5, 0.6) is 0 Å². The topological polar surface area (TPSA) is 50.9 Å². The zero-order valence-corrected chi connectivity index (χ0v) is 8.92. The van der Waals surface area contributed by atoms with E-state index in [2.05, 4.69) is 10.3 Å². The molecule has 1 saturated heterocycles. The molecule has 1 aliphatic rings. The largest absolute Gasteiger partial charge is 0.320 e. The van der Waals surface area contributed by atoms with Crippen LogP contribution in [0.4, 0.5) is 8.78 Å². The molecule has 0 spiro atoms. The van der Waals surface area contributed by atoms with Crippen LogP contribution in [-0.2, 0) is 5.54 Å². The molecule has 1 aliphatic heterocycles. The molecule has 88 valence electrons. The lowest BCUT2D eigenvalue weighted by Gasteiger charge is -2.33. The number of hydrogen-bond acceptors (Lipinski definition) is 3. The maximum atomic E-state index is 12.6. The molecule has 0 atom stereocenters. The van der Waals surface area contributed by atoms with Crippen molar-refractivity contribution in [3.63, 3.8) is 0 Å². The molecule has 0 bridgehead atoms. The lowest BCUT2D eigenvalue weighted by molar-refractivity contribution is 0.151. The lowest BCUT2D eigenvalue weighted by Crippen LogP contribution is -2.47. The monoisotopic (exact) mass is 227 g/mol. The highest BCUT2D eigenvalue weighted by atomic mass is 19.3. The van der Waals surface area contributed by atoms with E-state index in [1.165, 1.54) is 18.3 Å². The zero-order chi connectivity index (χ0) is 11.6. The number of nitrogens with one attached hydrogen (secondary N) is 1. The van der Waals surface area contributed by atoms with E-state index < -0.39 is 12.0 Å². The Balaban J connectivity index is 2.28. The second-order valence-corrected chi connectivity index (χ2v) is 4.18. The maximum Gasteiger partial charge on any atom is 0.263 e. The van der Waals surface area contributed by atoms with E-state index >= 15 is 0 Å². The van der Waals surface area contributed by atoms with E-state index in [0.717, 1.165) is 25.9 Å². The van der Waals surface area contributed by atoms with Crippen molar-refractivity contribution in [1.29, 1.82) is 0 Å². The number of nitrogens with two attached hydrogens (primary N) is 1. The predicted molar refractivity (Wildman–Crippen MR) is 57.2 cm³/mol. The highest BCUT2D eigenvalue weighted by Crippen LogP contribution is 2.28. The fraction of sp³-hybridized carbons (Fsp3) is 0.545. The van der Waals surface area contributed by atoms with Crippen molar-refractivity contribution in [3.8, 4) is 0 Å². The van der Waals surface area contributed by atoms with E-state index in [4.69, 9.17) is 5.73 Å². The van der Waals surface area contributed by atoms with Gasteiger partial charge in [0, 0.05) is 11.8 Å². The van der Waals surface area contributed by atoms with Gasteiger partial charge >= 0.3 is 0 Å². The fourth-order valence-electron chi connectivity index (χ4n) is 1.98. The van der Waals surface area contributed by atoms with Gasteiger partial charge in [-0.1, -0.05) is 0 Å². The second-order valence-electron chi connectivity index (χ2n) is 4.18. The number of nitrogens with zero attached hydrogens (tertiary/aromatic N) is 1. The minimum Gasteiger partial charge on any atom is -0.320 e. The smallest absolute Gasteiger partial charge is 0.263 e. The third kappa shape index (κ3) is 2.20. The van der Waals surface area contributed by atoms with E-state index in [0.29, 0.717) is 5.69 Å². The standard InChI is InChI=1S/C11H15F2N3/c12-10(13)8-1-4-16-9(7-8)11(14)2-5-15-6-3-11/h1,4,7,10,15H,2-3,5-6,14H2. The second kappa shape index (κ2) is 4.43. The van der Waals surface area contributed by atoms with Gasteiger partial charge in [0.15, 0.2) is 0 Å². The van der Waals surface area contributed by atoms with Crippen molar-refractivity contribution in [2.75, 3.05) is 13.1 Å². The summed E-state index contributed by atoms with van der Waals surface area (Å²) >= 11 is 0. The van der Waals surface area contributed by atoms with Gasteiger partial charge in [0.1, 0.15) is 0 Å². The van der Waals surface area contributed by atoms with Crippen molar-refractivity contribution < 1.29 is 8.78 Å². The summed E-state index contributed by atoms with van der Waals surface area (Å²) in [6.45, 7) is 1.61. The summed E-state index contributed by atoms with van der Waals surface area (Å²) in [5.41, 5.74) is 6.21. The zero-order valence-electron chi connectivity index (χ0n) is 8.92. The molecular weight excluding hydrogens is 212 g/mol. The van der Waals surface area contributed by atoms with Crippen LogP contribution < -0.4 is 11.1 Å². The minimum absolute atomic E-state index is 0.00615. The van der Waals surface area contributed by atoms with Crippen molar-refractivity contribution in [2.45, 2.75) is 24.8 Å². The van der Waals surface area contributed by atoms with Crippen LogP contribution in [-0.4, -0.2) is 18.1 Å². The number of halogens is 2. The third-order valence-electron chi connectivity index (χ3n) is 3.04. The number of aromatic nitrogens is 1. The molecule has 3 nitrogen and oxygen atoms in total. The van der Waals surface area contributed by atoms with Gasteiger partial charge in [0.2, 0.25) is 0 Å². The van der Waals surface area contributed by atoms with Gasteiger partial charge in [-0.15, -0.1) is 0 Å². The predicted octanol–water partition coefficient (Wildman–Crippen LogP) is 1.56. The number of rotatable bonds is 2. The van der Waals surface area contributed by atoms with Crippen LogP contribution >= 0.6 is 0 Å². The molecule has 0 unspecified atom stereocenters. The Kier molecular flexibility index (Phi) is 3.16. The number of pyridine rings is 1. The summed E-state index contributed by atoms with van der Waals surface area (Å²) in [5, 5.41) is 3.19. The summed E-state index contributed by atoms with van der Waals surface area (Å²) in [4.78, 5) is 4.13. The third-order valence-corrected chi connectivity index (χ3v) is 3.04. The SMILES string of the molecule is NC1(c2cc(C(F)F)ccn2)CCNCC1. The lowest BCUT2D eigenvalue weighted by atomic mass is 9.85. The average Bonchev–Trinajstić information content (AvgIpc) is 2.30. The van der Waals surface area contributed by atoms with Gasteiger partial charge in [0.05, 0.1) is 11.2 Å². The van der Waals surface area contributed by atoms with Crippen molar-refractivity contribution in [2.24, 2.45) is 5.73 Å². The highest BCUT2D eigenvalue weighted by molar-refractivity contribution is 5.23. The molecule has 2 rings (SSSR count). The van der Waals surface area contributed by atoms with Gasteiger partial charge in [-0.2, -0.15) is 0 Å². The van der Waals surface area contributed by atoms with Crippen LogP contribution in [0.25, 0.3) is 0 Å². The van der Waals surface area contributed by atoms with Crippen LogP contribution in [0.3, 0.4) is 0 Å². The maximum absolute atomic E-state index is 12.6. The summed E-state index contributed by atoms with van der Waals surface area (Å²) in [7, 11) is 0. The molecule has 0 aliphatic carbocycles. The van der Waals surface area contributed by atoms with Crippen LogP contribution in [0, 0.1) is 0 Å². The molecule has 0 radical (unpaired) electrons. The quantitative estimate of drug-likeness (QED) is 0.806. The van der Waals surface area contributed by atoms with Crippen LogP contribution in [0.1, 0.15) is 30.5 Å². The van der Waals surface area contributed by atoms with Gasteiger partial charge in [-0.3, -0.25) is 4.98 Å². The Morgan fingerprint density at radius 3 is 2.69 bits per heavy atom. The Labute approximate surface area is 93.1 Å². The van der Waals surface area contributed by atoms with Gasteiger partial charge in [-0.25, -0.2) is 8.78 Å². The molecule has 1 fully saturated rings. The summed E-state index contributed by atoms with van der Waals surface area (Å²) in [6.07, 6.45) is 0.402. The Hall–Kier alpha value is -1.07. The van der Waals surface area contributed by atoms with E-state index in [-0.39, 0.29) is 5.56 Å². The van der Waals surface area contributed by atoms with Crippen molar-refractivity contribution in [3.05, 3.63) is 29.6 Å². The summed E-state index contributed by atoms with van der Waals surface area (Å²) in [6, 6.07) is 2.76. The molecular formula is C11H15F2N3.